The van der Waals surface area contributed by atoms with Crippen molar-refractivity contribution < 1.29 is 4.92 Å². The van der Waals surface area contributed by atoms with Crippen molar-refractivity contribution in [1.29, 1.82) is 0 Å². The van der Waals surface area contributed by atoms with Crippen molar-refractivity contribution in [2.75, 3.05) is 6.54 Å². The van der Waals surface area contributed by atoms with Crippen LogP contribution >= 0.6 is 0 Å². The van der Waals surface area contributed by atoms with E-state index in [9.17, 15) is 10.1 Å². The monoisotopic (exact) mass is 324 g/mol. The number of rotatable bonds is 5. The van der Waals surface area contributed by atoms with Crippen LogP contribution in [-0.2, 0) is 6.54 Å². The van der Waals surface area contributed by atoms with Gasteiger partial charge in [-0.3, -0.25) is 10.1 Å². The van der Waals surface area contributed by atoms with E-state index in [1.165, 1.54) is 23.3 Å². The summed E-state index contributed by atoms with van der Waals surface area (Å²) in [4.78, 5) is 15.2. The Morgan fingerprint density at radius 1 is 1.17 bits per heavy atom. The van der Waals surface area contributed by atoms with Crippen molar-refractivity contribution in [3.8, 4) is 11.4 Å². The number of nitro benzene ring substituents is 1. The van der Waals surface area contributed by atoms with Crippen LogP contribution in [0.4, 0.5) is 5.69 Å². The molecule has 0 atom stereocenters. The summed E-state index contributed by atoms with van der Waals surface area (Å²) in [5.74, 6) is 0.818. The number of non-ortho nitro benzene ring substituents is 1. The first-order valence-corrected chi connectivity index (χ1v) is 7.93. The average molecular weight is 324 g/mol. The van der Waals surface area contributed by atoms with Gasteiger partial charge in [-0.15, -0.1) is 0 Å². The number of fused-ring (bicyclic) bond motifs is 1. The van der Waals surface area contributed by atoms with E-state index in [-0.39, 0.29) is 5.69 Å². The van der Waals surface area contributed by atoms with Crippen LogP contribution in [0.1, 0.15) is 17.5 Å². The third kappa shape index (κ3) is 2.88. The fraction of sp³-hybridized carbons (Fsp3) is 0.278. The van der Waals surface area contributed by atoms with Crippen molar-refractivity contribution in [3.63, 3.8) is 0 Å². The highest BCUT2D eigenvalue weighted by molar-refractivity contribution is 5.82. The predicted molar refractivity (Wildman–Crippen MR) is 95.0 cm³/mol. The maximum absolute atomic E-state index is 10.8. The van der Waals surface area contributed by atoms with Gasteiger partial charge in [0.1, 0.15) is 5.82 Å². The molecule has 1 heterocycles. The Labute approximate surface area is 140 Å². The maximum Gasteiger partial charge on any atom is 0.269 e. The summed E-state index contributed by atoms with van der Waals surface area (Å²) < 4.78 is 2.15. The molecule has 0 unspecified atom stereocenters. The molecule has 6 nitrogen and oxygen atoms in total. The Balaban J connectivity index is 2.16. The molecule has 0 fully saturated rings. The van der Waals surface area contributed by atoms with Crippen LogP contribution in [0, 0.1) is 24.0 Å². The Morgan fingerprint density at radius 3 is 2.46 bits per heavy atom. The number of aryl methyl sites for hydroxylation is 3. The number of hydrogen-bond donors (Lipinski definition) is 1. The number of nitrogens with zero attached hydrogens (tertiary/aromatic N) is 3. The van der Waals surface area contributed by atoms with E-state index in [1.54, 1.807) is 12.1 Å². The quantitative estimate of drug-likeness (QED) is 0.574. The van der Waals surface area contributed by atoms with Gasteiger partial charge in [-0.2, -0.15) is 0 Å². The number of aromatic nitrogens is 2. The van der Waals surface area contributed by atoms with Crippen LogP contribution in [-0.4, -0.2) is 21.0 Å². The van der Waals surface area contributed by atoms with Crippen LogP contribution in [0.2, 0.25) is 0 Å². The molecule has 0 aliphatic heterocycles. The first-order chi connectivity index (χ1) is 11.5. The molecule has 6 heteroatoms. The lowest BCUT2D eigenvalue weighted by Crippen LogP contribution is -2.07. The second kappa shape index (κ2) is 6.41. The molecule has 0 bridgehead atoms. The van der Waals surface area contributed by atoms with Gasteiger partial charge in [-0.25, -0.2) is 4.98 Å². The Bertz CT molecular complexity index is 898. The van der Waals surface area contributed by atoms with Gasteiger partial charge in [0.05, 0.1) is 16.0 Å². The molecular weight excluding hydrogens is 304 g/mol. The number of imidazole rings is 1. The predicted octanol–water partition coefficient (Wildman–Crippen LogP) is 3.58. The number of benzene rings is 2. The summed E-state index contributed by atoms with van der Waals surface area (Å²) in [6.45, 7) is 5.52. The zero-order chi connectivity index (χ0) is 17.3. The van der Waals surface area contributed by atoms with Crippen LogP contribution in [0.25, 0.3) is 22.4 Å². The SMILES string of the molecule is Cc1cc2nc(-c3ccc([N+](=O)[O-])cc3)n(CCCN)c2cc1C. The lowest BCUT2D eigenvalue weighted by Gasteiger charge is -2.09. The largest absolute Gasteiger partial charge is 0.330 e. The highest BCUT2D eigenvalue weighted by atomic mass is 16.6. The average Bonchev–Trinajstić information content (AvgIpc) is 2.91. The molecule has 0 spiro atoms. The van der Waals surface area contributed by atoms with Gasteiger partial charge in [0.25, 0.3) is 5.69 Å². The van der Waals surface area contributed by atoms with Gasteiger partial charge in [-0.05, 0) is 62.2 Å². The molecule has 0 saturated carbocycles. The second-order valence-corrected chi connectivity index (χ2v) is 5.96. The lowest BCUT2D eigenvalue weighted by atomic mass is 10.1. The fourth-order valence-corrected chi connectivity index (χ4v) is 2.81. The minimum atomic E-state index is -0.395. The lowest BCUT2D eigenvalue weighted by molar-refractivity contribution is -0.384. The van der Waals surface area contributed by atoms with Gasteiger partial charge < -0.3 is 10.3 Å². The first kappa shape index (κ1) is 16.1. The summed E-state index contributed by atoms with van der Waals surface area (Å²) in [5.41, 5.74) is 11.0. The molecule has 0 radical (unpaired) electrons. The minimum absolute atomic E-state index is 0.0788. The van der Waals surface area contributed by atoms with Crippen LogP contribution in [0.3, 0.4) is 0 Å². The smallest absolute Gasteiger partial charge is 0.269 e. The molecule has 0 amide bonds. The summed E-state index contributed by atoms with van der Waals surface area (Å²) >= 11 is 0. The van der Waals surface area contributed by atoms with Crippen molar-refractivity contribution >= 4 is 16.7 Å². The Morgan fingerprint density at radius 2 is 1.83 bits per heavy atom. The maximum atomic E-state index is 10.8. The molecule has 2 aromatic carbocycles. The highest BCUT2D eigenvalue weighted by Crippen LogP contribution is 2.28. The van der Waals surface area contributed by atoms with Crippen molar-refractivity contribution in [2.45, 2.75) is 26.8 Å². The van der Waals surface area contributed by atoms with Crippen LogP contribution in [0.5, 0.6) is 0 Å². The third-order valence-corrected chi connectivity index (χ3v) is 4.29. The van der Waals surface area contributed by atoms with Gasteiger partial charge in [0.2, 0.25) is 0 Å². The van der Waals surface area contributed by atoms with Gasteiger partial charge >= 0.3 is 0 Å². The normalized spacial score (nSPS) is 11.1. The molecule has 0 aliphatic rings. The minimum Gasteiger partial charge on any atom is -0.330 e. The molecular formula is C18H20N4O2. The topological polar surface area (TPSA) is 87.0 Å². The molecule has 0 aliphatic carbocycles. The van der Waals surface area contributed by atoms with E-state index in [2.05, 4.69) is 30.5 Å². The zero-order valence-electron chi connectivity index (χ0n) is 13.8. The van der Waals surface area contributed by atoms with Crippen LogP contribution < -0.4 is 5.73 Å². The Kier molecular flexibility index (Phi) is 4.31. The molecule has 3 aromatic rings. The number of nitrogens with two attached hydrogens (primary N) is 1. The van der Waals surface area contributed by atoms with E-state index in [4.69, 9.17) is 10.7 Å². The van der Waals surface area contributed by atoms with E-state index in [0.29, 0.717) is 6.54 Å². The summed E-state index contributed by atoms with van der Waals surface area (Å²) in [6.07, 6.45) is 0.846. The summed E-state index contributed by atoms with van der Waals surface area (Å²) in [5, 5.41) is 10.8. The number of nitro groups is 1. The molecule has 3 rings (SSSR count). The summed E-state index contributed by atoms with van der Waals surface area (Å²) in [6, 6.07) is 10.7. The number of hydrogen-bond acceptors (Lipinski definition) is 4. The zero-order valence-corrected chi connectivity index (χ0v) is 13.8. The van der Waals surface area contributed by atoms with Crippen LogP contribution in [0.15, 0.2) is 36.4 Å². The van der Waals surface area contributed by atoms with Gasteiger partial charge in [-0.1, -0.05) is 0 Å². The Hall–Kier alpha value is -2.73. The molecule has 0 saturated heterocycles. The van der Waals surface area contributed by atoms with Crippen molar-refractivity contribution in [3.05, 3.63) is 57.6 Å². The van der Waals surface area contributed by atoms with Crippen molar-refractivity contribution in [2.24, 2.45) is 5.73 Å². The van der Waals surface area contributed by atoms with E-state index >= 15 is 0 Å². The third-order valence-electron chi connectivity index (χ3n) is 4.29. The fourth-order valence-electron chi connectivity index (χ4n) is 2.81. The van der Waals surface area contributed by atoms with E-state index < -0.39 is 4.92 Å². The first-order valence-electron chi connectivity index (χ1n) is 7.93. The van der Waals surface area contributed by atoms with E-state index in [1.807, 2.05) is 0 Å². The molecule has 24 heavy (non-hydrogen) atoms. The highest BCUT2D eigenvalue weighted by Gasteiger charge is 2.14. The molecule has 124 valence electrons. The molecule has 2 N–H and O–H groups in total. The standard InChI is InChI=1S/C18H20N4O2/c1-12-10-16-17(11-13(12)2)21(9-3-8-19)18(20-16)14-4-6-15(7-5-14)22(23)24/h4-7,10-11H,3,8-9,19H2,1-2H3. The van der Waals surface area contributed by atoms with E-state index in [0.717, 1.165) is 35.4 Å². The molecule has 1 aromatic heterocycles. The van der Waals surface area contributed by atoms with Gasteiger partial charge in [0, 0.05) is 24.2 Å². The second-order valence-electron chi connectivity index (χ2n) is 5.96. The van der Waals surface area contributed by atoms with Crippen molar-refractivity contribution in [1.82, 2.24) is 9.55 Å². The summed E-state index contributed by atoms with van der Waals surface area (Å²) in [7, 11) is 0. The van der Waals surface area contributed by atoms with Gasteiger partial charge in [0.15, 0.2) is 0 Å².